The van der Waals surface area contributed by atoms with E-state index in [1.807, 2.05) is 17.8 Å². The first-order valence-electron chi connectivity index (χ1n) is 8.60. The summed E-state index contributed by atoms with van der Waals surface area (Å²) in [5, 5.41) is 21.5. The second-order valence-corrected chi connectivity index (χ2v) is 7.04. The zero-order chi connectivity index (χ0) is 17.6. The second-order valence-electron chi connectivity index (χ2n) is 7.04. The van der Waals surface area contributed by atoms with Gasteiger partial charge < -0.3 is 14.9 Å². The molecule has 24 heavy (non-hydrogen) atoms. The van der Waals surface area contributed by atoms with Crippen molar-refractivity contribution in [3.05, 3.63) is 18.0 Å². The second kappa shape index (κ2) is 8.09. The highest BCUT2D eigenvalue weighted by Crippen LogP contribution is 2.39. The summed E-state index contributed by atoms with van der Waals surface area (Å²) in [4.78, 5) is 10.8. The number of rotatable bonds is 3. The fraction of sp³-hybridized carbons (Fsp3) is 0.765. The van der Waals surface area contributed by atoms with Crippen molar-refractivity contribution in [1.29, 1.82) is 0 Å². The van der Waals surface area contributed by atoms with Crippen molar-refractivity contribution in [3.63, 3.8) is 0 Å². The molecule has 0 radical (unpaired) electrons. The van der Waals surface area contributed by atoms with Crippen LogP contribution in [0.4, 0.5) is 0 Å². The number of likely N-dealkylation sites (tertiary alicyclic amines) is 1. The average Bonchev–Trinajstić information content (AvgIpc) is 2.97. The van der Waals surface area contributed by atoms with Crippen LogP contribution in [0.2, 0.25) is 0 Å². The van der Waals surface area contributed by atoms with Crippen LogP contribution in [0.15, 0.2) is 12.4 Å². The minimum Gasteiger partial charge on any atom is -0.483 e. The Balaban J connectivity index is 0.000000647. The summed E-state index contributed by atoms with van der Waals surface area (Å²) in [6.45, 7) is 8.45. The first kappa shape index (κ1) is 18.9. The van der Waals surface area contributed by atoms with Gasteiger partial charge in [0, 0.05) is 44.4 Å². The van der Waals surface area contributed by atoms with Gasteiger partial charge in [-0.25, -0.2) is 0 Å². The fourth-order valence-electron chi connectivity index (χ4n) is 3.68. The lowest BCUT2D eigenvalue weighted by Crippen LogP contribution is -2.53. The minimum atomic E-state index is -0.553. The number of ether oxygens (including phenoxy) is 1. The van der Waals surface area contributed by atoms with Crippen LogP contribution in [0.25, 0.3) is 0 Å². The van der Waals surface area contributed by atoms with Crippen LogP contribution in [-0.4, -0.2) is 62.3 Å². The van der Waals surface area contributed by atoms with Crippen LogP contribution in [0.3, 0.4) is 0 Å². The molecule has 2 aliphatic rings. The van der Waals surface area contributed by atoms with Crippen molar-refractivity contribution in [2.24, 2.45) is 0 Å². The molecular weight excluding hydrogens is 310 g/mol. The quantitative estimate of drug-likeness (QED) is 0.812. The van der Waals surface area contributed by atoms with Crippen molar-refractivity contribution in [3.8, 4) is 0 Å². The number of nitrogens with zero attached hydrogens (tertiary/aromatic N) is 3. The zero-order valence-corrected chi connectivity index (χ0v) is 14.6. The molecule has 1 atom stereocenters. The third-order valence-corrected chi connectivity index (χ3v) is 4.94. The first-order chi connectivity index (χ1) is 11.4. The Morgan fingerprint density at radius 1 is 1.38 bits per heavy atom. The number of carbonyl (C=O) groups is 1. The van der Waals surface area contributed by atoms with E-state index in [0.29, 0.717) is 6.61 Å². The molecule has 1 unspecified atom stereocenters. The molecule has 136 valence electrons. The summed E-state index contributed by atoms with van der Waals surface area (Å²) >= 11 is 0. The molecule has 3 rings (SSSR count). The predicted molar refractivity (Wildman–Crippen MR) is 89.6 cm³/mol. The number of hydrogen-bond donors (Lipinski definition) is 2. The van der Waals surface area contributed by atoms with E-state index in [1.165, 1.54) is 5.56 Å². The highest BCUT2D eigenvalue weighted by atomic mass is 16.5. The standard InChI is InChI=1S/C16H27N3O2.CH2O2/c1-3-19-12-14(10-17-19)11-18-7-4-16(5-8-18)13-15(2,20)6-9-21-16;2-1-3/h10,12,20H,3-9,11,13H2,1-2H3;1H,(H,2,3). The van der Waals surface area contributed by atoms with Crippen molar-refractivity contribution in [1.82, 2.24) is 14.7 Å². The molecule has 2 fully saturated rings. The zero-order valence-electron chi connectivity index (χ0n) is 14.6. The van der Waals surface area contributed by atoms with E-state index in [9.17, 15) is 5.11 Å². The Labute approximate surface area is 143 Å². The van der Waals surface area contributed by atoms with E-state index < -0.39 is 5.60 Å². The van der Waals surface area contributed by atoms with Gasteiger partial charge in [-0.3, -0.25) is 14.4 Å². The number of aryl methyl sites for hydroxylation is 1. The van der Waals surface area contributed by atoms with Crippen LogP contribution in [0, 0.1) is 0 Å². The van der Waals surface area contributed by atoms with Gasteiger partial charge in [0.15, 0.2) is 0 Å². The van der Waals surface area contributed by atoms with Gasteiger partial charge >= 0.3 is 0 Å². The normalized spacial score (nSPS) is 26.6. The van der Waals surface area contributed by atoms with Crippen molar-refractivity contribution in [2.45, 2.75) is 63.8 Å². The molecule has 2 saturated heterocycles. The van der Waals surface area contributed by atoms with Crippen molar-refractivity contribution < 1.29 is 19.7 Å². The fourth-order valence-corrected chi connectivity index (χ4v) is 3.68. The first-order valence-corrected chi connectivity index (χ1v) is 8.60. The molecule has 7 heteroatoms. The Morgan fingerprint density at radius 2 is 2.04 bits per heavy atom. The molecule has 3 heterocycles. The number of piperidine rings is 1. The number of aliphatic hydroxyl groups is 1. The summed E-state index contributed by atoms with van der Waals surface area (Å²) in [7, 11) is 0. The monoisotopic (exact) mass is 339 g/mol. The summed E-state index contributed by atoms with van der Waals surface area (Å²) < 4.78 is 8.03. The van der Waals surface area contributed by atoms with Crippen molar-refractivity contribution in [2.75, 3.05) is 19.7 Å². The SMILES string of the molecule is CCn1cc(CN2CCC3(CC2)CC(C)(O)CCO3)cn1.O=CO. The number of hydrogen-bond acceptors (Lipinski definition) is 5. The smallest absolute Gasteiger partial charge is 0.290 e. The summed E-state index contributed by atoms with van der Waals surface area (Å²) in [5.74, 6) is 0. The van der Waals surface area contributed by atoms with Gasteiger partial charge in [0.2, 0.25) is 0 Å². The molecule has 0 amide bonds. The minimum absolute atomic E-state index is 0.0914. The lowest BCUT2D eigenvalue weighted by Gasteiger charge is -2.48. The summed E-state index contributed by atoms with van der Waals surface area (Å²) in [5.41, 5.74) is 0.638. The van der Waals surface area contributed by atoms with Crippen molar-refractivity contribution >= 4 is 6.47 Å². The van der Waals surface area contributed by atoms with E-state index in [4.69, 9.17) is 14.6 Å². The molecule has 1 aromatic heterocycles. The highest BCUT2D eigenvalue weighted by molar-refractivity contribution is 5.32. The average molecular weight is 339 g/mol. The van der Waals surface area contributed by atoms with Gasteiger partial charge in [-0.15, -0.1) is 0 Å². The van der Waals surface area contributed by atoms with E-state index in [2.05, 4.69) is 23.1 Å². The predicted octanol–water partition coefficient (Wildman–Crippen LogP) is 1.50. The summed E-state index contributed by atoms with van der Waals surface area (Å²) in [6, 6.07) is 0. The van der Waals surface area contributed by atoms with Crippen LogP contribution in [0.1, 0.15) is 45.1 Å². The van der Waals surface area contributed by atoms with Gasteiger partial charge in [-0.1, -0.05) is 0 Å². The lowest BCUT2D eigenvalue weighted by molar-refractivity contribution is -0.173. The van der Waals surface area contributed by atoms with Crippen LogP contribution in [-0.2, 0) is 22.6 Å². The molecule has 0 saturated carbocycles. The Bertz CT molecular complexity index is 522. The molecule has 2 aliphatic heterocycles. The van der Waals surface area contributed by atoms with E-state index in [0.717, 1.165) is 51.9 Å². The van der Waals surface area contributed by atoms with Gasteiger partial charge in [0.05, 0.1) is 24.0 Å². The van der Waals surface area contributed by atoms with Gasteiger partial charge in [0.1, 0.15) is 0 Å². The maximum Gasteiger partial charge on any atom is 0.290 e. The van der Waals surface area contributed by atoms with E-state index >= 15 is 0 Å². The molecule has 0 aliphatic carbocycles. The van der Waals surface area contributed by atoms with E-state index in [1.54, 1.807) is 0 Å². The molecular formula is C17H29N3O4. The number of aromatic nitrogens is 2. The number of carboxylic acid groups (broad SMARTS) is 1. The molecule has 7 nitrogen and oxygen atoms in total. The van der Waals surface area contributed by atoms with Crippen LogP contribution >= 0.6 is 0 Å². The van der Waals surface area contributed by atoms with Gasteiger partial charge in [-0.2, -0.15) is 5.10 Å². The third-order valence-electron chi connectivity index (χ3n) is 4.94. The van der Waals surface area contributed by atoms with E-state index in [-0.39, 0.29) is 12.1 Å². The van der Waals surface area contributed by atoms with Gasteiger partial charge in [0.25, 0.3) is 6.47 Å². The largest absolute Gasteiger partial charge is 0.483 e. The lowest BCUT2D eigenvalue weighted by atomic mass is 9.78. The topological polar surface area (TPSA) is 87.8 Å². The molecule has 0 bridgehead atoms. The molecule has 0 aromatic carbocycles. The molecule has 1 aromatic rings. The highest BCUT2D eigenvalue weighted by Gasteiger charge is 2.44. The van der Waals surface area contributed by atoms with Gasteiger partial charge in [-0.05, 0) is 33.1 Å². The summed E-state index contributed by atoms with van der Waals surface area (Å²) in [6.07, 6.45) is 7.68. The maximum atomic E-state index is 10.3. The molecule has 2 N–H and O–H groups in total. The Hall–Kier alpha value is -1.44. The third kappa shape index (κ3) is 5.03. The Morgan fingerprint density at radius 3 is 2.58 bits per heavy atom. The molecule has 1 spiro atoms. The maximum absolute atomic E-state index is 10.3. The Kier molecular flexibility index (Phi) is 6.37. The van der Waals surface area contributed by atoms with Crippen LogP contribution in [0.5, 0.6) is 0 Å². The van der Waals surface area contributed by atoms with Crippen LogP contribution < -0.4 is 0 Å².